The fraction of sp³-hybridized carbons (Fsp3) is 0.750. The molecule has 1 aromatic heterocycles. The van der Waals surface area contributed by atoms with E-state index in [0.29, 0.717) is 0 Å². The van der Waals surface area contributed by atoms with Gasteiger partial charge >= 0.3 is 0 Å². The van der Waals surface area contributed by atoms with Crippen molar-refractivity contribution in [3.05, 3.63) is 22.8 Å². The molecule has 1 saturated carbocycles. The van der Waals surface area contributed by atoms with Gasteiger partial charge in [0.25, 0.3) is 0 Å². The van der Waals surface area contributed by atoms with Crippen LogP contribution in [0.15, 0.2) is 0 Å². The maximum atomic E-state index is 5.91. The van der Waals surface area contributed by atoms with Crippen molar-refractivity contribution in [3.63, 3.8) is 0 Å². The normalized spacial score (nSPS) is 30.1. The van der Waals surface area contributed by atoms with E-state index in [1.54, 1.807) is 0 Å². The SMILES string of the molecule is COC1(c2nc(C)c3c(n2)CNCC3)CCC(C)CC1. The summed E-state index contributed by atoms with van der Waals surface area (Å²) < 4.78 is 5.91. The molecule has 4 heteroatoms. The van der Waals surface area contributed by atoms with Gasteiger partial charge in [-0.05, 0) is 57.1 Å². The van der Waals surface area contributed by atoms with E-state index in [2.05, 4.69) is 19.2 Å². The van der Waals surface area contributed by atoms with Gasteiger partial charge in [0, 0.05) is 19.3 Å². The summed E-state index contributed by atoms with van der Waals surface area (Å²) in [5, 5.41) is 3.40. The smallest absolute Gasteiger partial charge is 0.160 e. The molecule has 1 aromatic rings. The molecule has 3 rings (SSSR count). The minimum atomic E-state index is -0.260. The summed E-state index contributed by atoms with van der Waals surface area (Å²) in [6, 6.07) is 0. The molecule has 2 aliphatic rings. The summed E-state index contributed by atoms with van der Waals surface area (Å²) in [7, 11) is 1.81. The zero-order chi connectivity index (χ0) is 14.2. The molecule has 0 saturated heterocycles. The van der Waals surface area contributed by atoms with Crippen molar-refractivity contribution in [1.29, 1.82) is 0 Å². The van der Waals surface area contributed by atoms with E-state index in [9.17, 15) is 0 Å². The van der Waals surface area contributed by atoms with Gasteiger partial charge in [0.15, 0.2) is 5.82 Å². The fourth-order valence-electron chi connectivity index (χ4n) is 3.50. The van der Waals surface area contributed by atoms with E-state index in [4.69, 9.17) is 14.7 Å². The molecule has 0 unspecified atom stereocenters. The Hall–Kier alpha value is -1.00. The number of methoxy groups -OCH3 is 1. The first-order chi connectivity index (χ1) is 9.64. The van der Waals surface area contributed by atoms with E-state index < -0.39 is 0 Å². The zero-order valence-corrected chi connectivity index (χ0v) is 12.8. The molecule has 20 heavy (non-hydrogen) atoms. The lowest BCUT2D eigenvalue weighted by atomic mass is 9.78. The molecule has 4 nitrogen and oxygen atoms in total. The van der Waals surface area contributed by atoms with Gasteiger partial charge in [0.2, 0.25) is 0 Å². The van der Waals surface area contributed by atoms with Crippen molar-refractivity contribution in [2.24, 2.45) is 5.92 Å². The highest BCUT2D eigenvalue weighted by Crippen LogP contribution is 2.41. The average Bonchev–Trinajstić information content (AvgIpc) is 2.48. The van der Waals surface area contributed by atoms with E-state index in [1.165, 1.54) is 24.1 Å². The minimum Gasteiger partial charge on any atom is -0.370 e. The Labute approximate surface area is 121 Å². The highest BCUT2D eigenvalue weighted by Gasteiger charge is 2.39. The molecular weight excluding hydrogens is 250 g/mol. The molecule has 1 aliphatic carbocycles. The van der Waals surface area contributed by atoms with Crippen LogP contribution in [0.5, 0.6) is 0 Å². The van der Waals surface area contributed by atoms with Gasteiger partial charge in [-0.2, -0.15) is 0 Å². The van der Waals surface area contributed by atoms with Gasteiger partial charge in [0.1, 0.15) is 5.60 Å². The second kappa shape index (κ2) is 5.41. The van der Waals surface area contributed by atoms with E-state index in [1.807, 2.05) is 7.11 Å². The number of nitrogens with one attached hydrogen (secondary N) is 1. The quantitative estimate of drug-likeness (QED) is 0.901. The Kier molecular flexibility index (Phi) is 3.78. The van der Waals surface area contributed by atoms with Crippen LogP contribution in [0.25, 0.3) is 0 Å². The summed E-state index contributed by atoms with van der Waals surface area (Å²) in [4.78, 5) is 9.68. The molecule has 1 aliphatic heterocycles. The Balaban J connectivity index is 1.98. The molecule has 110 valence electrons. The van der Waals surface area contributed by atoms with Crippen molar-refractivity contribution in [3.8, 4) is 0 Å². The van der Waals surface area contributed by atoms with Crippen molar-refractivity contribution < 1.29 is 4.74 Å². The Morgan fingerprint density at radius 2 is 2.00 bits per heavy atom. The van der Waals surface area contributed by atoms with Gasteiger partial charge in [-0.3, -0.25) is 0 Å². The average molecular weight is 275 g/mol. The zero-order valence-electron chi connectivity index (χ0n) is 12.8. The number of nitrogens with zero attached hydrogens (tertiary/aromatic N) is 2. The number of ether oxygens (including phenoxy) is 1. The number of hydrogen-bond donors (Lipinski definition) is 1. The fourth-order valence-corrected chi connectivity index (χ4v) is 3.50. The first-order valence-corrected chi connectivity index (χ1v) is 7.77. The summed E-state index contributed by atoms with van der Waals surface area (Å²) in [5.41, 5.74) is 3.39. The summed E-state index contributed by atoms with van der Waals surface area (Å²) >= 11 is 0. The lowest BCUT2D eigenvalue weighted by Gasteiger charge is -2.37. The molecule has 2 heterocycles. The highest BCUT2D eigenvalue weighted by atomic mass is 16.5. The molecule has 1 N–H and O–H groups in total. The molecule has 0 bridgehead atoms. The van der Waals surface area contributed by atoms with Crippen LogP contribution in [0, 0.1) is 12.8 Å². The van der Waals surface area contributed by atoms with Crippen molar-refractivity contribution in [2.75, 3.05) is 13.7 Å². The van der Waals surface area contributed by atoms with Gasteiger partial charge in [-0.1, -0.05) is 6.92 Å². The largest absolute Gasteiger partial charge is 0.370 e. The van der Waals surface area contributed by atoms with E-state index in [0.717, 1.165) is 49.8 Å². The van der Waals surface area contributed by atoms with Crippen LogP contribution in [-0.4, -0.2) is 23.6 Å². The third-order valence-corrected chi connectivity index (χ3v) is 5.02. The van der Waals surface area contributed by atoms with Gasteiger partial charge in [0.05, 0.1) is 5.69 Å². The van der Waals surface area contributed by atoms with E-state index in [-0.39, 0.29) is 5.60 Å². The summed E-state index contributed by atoms with van der Waals surface area (Å²) in [6.07, 6.45) is 5.52. The Bertz CT molecular complexity index is 493. The van der Waals surface area contributed by atoms with Gasteiger partial charge in [-0.15, -0.1) is 0 Å². The van der Waals surface area contributed by atoms with Crippen LogP contribution in [-0.2, 0) is 23.3 Å². The molecule has 1 fully saturated rings. The standard InChI is InChI=1S/C16H25N3O/c1-11-4-7-16(20-3,8-5-11)15-18-12(2)13-6-9-17-10-14(13)19-15/h11,17H,4-10H2,1-3H3. The maximum Gasteiger partial charge on any atom is 0.160 e. The molecule has 0 radical (unpaired) electrons. The Morgan fingerprint density at radius 1 is 1.25 bits per heavy atom. The second-order valence-electron chi connectivity index (χ2n) is 6.37. The number of aromatic nitrogens is 2. The first kappa shape index (κ1) is 14.0. The lowest BCUT2D eigenvalue weighted by Crippen LogP contribution is -2.37. The van der Waals surface area contributed by atoms with Crippen molar-refractivity contribution in [2.45, 2.75) is 58.1 Å². The first-order valence-electron chi connectivity index (χ1n) is 7.77. The maximum absolute atomic E-state index is 5.91. The van der Waals surface area contributed by atoms with Crippen molar-refractivity contribution in [1.82, 2.24) is 15.3 Å². The molecule has 0 atom stereocenters. The summed E-state index contributed by atoms with van der Waals surface area (Å²) in [6.45, 7) is 6.33. The van der Waals surface area contributed by atoms with Crippen molar-refractivity contribution >= 4 is 0 Å². The minimum absolute atomic E-state index is 0.260. The van der Waals surface area contributed by atoms with E-state index >= 15 is 0 Å². The van der Waals surface area contributed by atoms with Crippen LogP contribution in [0.2, 0.25) is 0 Å². The number of aryl methyl sites for hydroxylation is 1. The van der Waals surface area contributed by atoms with Gasteiger partial charge < -0.3 is 10.1 Å². The predicted octanol–water partition coefficient (Wildman–Crippen LogP) is 2.48. The molecular formula is C16H25N3O. The highest BCUT2D eigenvalue weighted by molar-refractivity contribution is 5.29. The number of fused-ring (bicyclic) bond motifs is 1. The monoisotopic (exact) mass is 275 g/mol. The Morgan fingerprint density at radius 3 is 2.70 bits per heavy atom. The van der Waals surface area contributed by atoms with Gasteiger partial charge in [-0.25, -0.2) is 9.97 Å². The van der Waals surface area contributed by atoms with Crippen LogP contribution in [0.4, 0.5) is 0 Å². The topological polar surface area (TPSA) is 47.0 Å². The molecule has 0 amide bonds. The lowest BCUT2D eigenvalue weighted by molar-refractivity contribution is -0.0600. The molecule has 0 aromatic carbocycles. The second-order valence-corrected chi connectivity index (χ2v) is 6.37. The number of rotatable bonds is 2. The third kappa shape index (κ3) is 2.35. The van der Waals surface area contributed by atoms with Crippen LogP contribution >= 0.6 is 0 Å². The van der Waals surface area contributed by atoms with Crippen LogP contribution in [0.3, 0.4) is 0 Å². The third-order valence-electron chi connectivity index (χ3n) is 5.02. The molecule has 0 spiro atoms. The predicted molar refractivity (Wildman–Crippen MR) is 78.5 cm³/mol. The van der Waals surface area contributed by atoms with Crippen LogP contribution in [0.1, 0.15) is 55.4 Å². The summed E-state index contributed by atoms with van der Waals surface area (Å²) in [5.74, 6) is 1.70. The number of hydrogen-bond acceptors (Lipinski definition) is 4. The van der Waals surface area contributed by atoms with Crippen LogP contribution < -0.4 is 5.32 Å².